The van der Waals surface area contributed by atoms with Gasteiger partial charge < -0.3 is 9.64 Å². The van der Waals surface area contributed by atoms with Crippen LogP contribution in [-0.2, 0) is 17.8 Å². The molecule has 0 radical (unpaired) electrons. The van der Waals surface area contributed by atoms with Gasteiger partial charge in [-0.1, -0.05) is 12.1 Å². The molecule has 0 aliphatic carbocycles. The van der Waals surface area contributed by atoms with Crippen molar-refractivity contribution in [2.24, 2.45) is 0 Å². The molecule has 1 saturated heterocycles. The molecule has 6 nitrogen and oxygen atoms in total. The van der Waals surface area contributed by atoms with Crippen LogP contribution < -0.4 is 10.5 Å². The summed E-state index contributed by atoms with van der Waals surface area (Å²) < 4.78 is 6.84. The van der Waals surface area contributed by atoms with E-state index in [0.29, 0.717) is 23.3 Å². The highest BCUT2D eigenvalue weighted by molar-refractivity contribution is 5.77. The van der Waals surface area contributed by atoms with Crippen molar-refractivity contribution in [1.82, 2.24) is 9.55 Å². The minimum atomic E-state index is -0.134. The van der Waals surface area contributed by atoms with E-state index in [1.807, 2.05) is 18.2 Å². The fourth-order valence-corrected chi connectivity index (χ4v) is 2.64. The first-order chi connectivity index (χ1) is 10.3. The molecule has 1 aliphatic heterocycles. The third kappa shape index (κ3) is 2.79. The number of morpholine rings is 1. The van der Waals surface area contributed by atoms with Crippen LogP contribution in [0.5, 0.6) is 0 Å². The van der Waals surface area contributed by atoms with Crippen LogP contribution in [0.4, 0.5) is 0 Å². The highest BCUT2D eigenvalue weighted by Gasteiger charge is 2.19. The van der Waals surface area contributed by atoms with Gasteiger partial charge in [0, 0.05) is 0 Å². The van der Waals surface area contributed by atoms with E-state index in [1.54, 1.807) is 6.07 Å². The molecular formula is C15H17N4O2+. The molecule has 0 atom stereocenters. The second kappa shape index (κ2) is 6.04. The molecule has 1 N–H and O–H groups in total. The number of hydrogen-bond acceptors (Lipinski definition) is 4. The number of para-hydroxylation sites is 1. The van der Waals surface area contributed by atoms with E-state index in [0.717, 1.165) is 26.3 Å². The third-order valence-corrected chi connectivity index (χ3v) is 3.78. The molecule has 2 aromatic rings. The Morgan fingerprint density at radius 3 is 2.86 bits per heavy atom. The molecule has 1 aromatic carbocycles. The Hall–Kier alpha value is -2.23. The number of ether oxygens (including phenoxy) is 1. The zero-order chi connectivity index (χ0) is 14.7. The van der Waals surface area contributed by atoms with E-state index < -0.39 is 0 Å². The number of fused-ring (bicyclic) bond motifs is 1. The molecule has 2 heterocycles. The fourth-order valence-electron chi connectivity index (χ4n) is 2.64. The normalized spacial score (nSPS) is 16.0. The summed E-state index contributed by atoms with van der Waals surface area (Å²) in [5.41, 5.74) is 0.559. The Morgan fingerprint density at radius 2 is 2.10 bits per heavy atom. The van der Waals surface area contributed by atoms with Gasteiger partial charge in [-0.05, 0) is 12.1 Å². The molecule has 1 aromatic heterocycles. The van der Waals surface area contributed by atoms with Crippen LogP contribution in [0.1, 0.15) is 5.82 Å². The van der Waals surface area contributed by atoms with Crippen molar-refractivity contribution < 1.29 is 9.64 Å². The number of hydrogen-bond donors (Lipinski definition) is 1. The van der Waals surface area contributed by atoms with Crippen LogP contribution in [0.3, 0.4) is 0 Å². The summed E-state index contributed by atoms with van der Waals surface area (Å²) in [6, 6.07) is 9.33. The minimum Gasteiger partial charge on any atom is -0.370 e. The lowest BCUT2D eigenvalue weighted by Gasteiger charge is -2.24. The summed E-state index contributed by atoms with van der Waals surface area (Å²) in [6.45, 7) is 3.93. The average molecular weight is 285 g/mol. The second-order valence-corrected chi connectivity index (χ2v) is 5.13. The standard InChI is InChI=1S/C15H16N4O2/c16-5-6-19-14(11-18-7-9-21-10-8-18)17-13-4-2-1-3-12(13)15(19)20/h1-4H,6-11H2/p+1. The highest BCUT2D eigenvalue weighted by atomic mass is 16.5. The first-order valence-corrected chi connectivity index (χ1v) is 7.06. The van der Waals surface area contributed by atoms with E-state index in [4.69, 9.17) is 10.00 Å². The lowest BCUT2D eigenvalue weighted by molar-refractivity contribution is -0.922. The van der Waals surface area contributed by atoms with Gasteiger partial charge in [0.15, 0.2) is 5.82 Å². The van der Waals surface area contributed by atoms with Crippen LogP contribution in [-0.4, -0.2) is 35.9 Å². The van der Waals surface area contributed by atoms with Crippen LogP contribution in [0.15, 0.2) is 29.1 Å². The van der Waals surface area contributed by atoms with E-state index in [-0.39, 0.29) is 12.1 Å². The Labute approximate surface area is 122 Å². The predicted molar refractivity (Wildman–Crippen MR) is 76.8 cm³/mol. The van der Waals surface area contributed by atoms with Gasteiger partial charge >= 0.3 is 0 Å². The van der Waals surface area contributed by atoms with Gasteiger partial charge in [-0.3, -0.25) is 9.36 Å². The molecular weight excluding hydrogens is 268 g/mol. The molecule has 0 unspecified atom stereocenters. The minimum absolute atomic E-state index is 0.0375. The van der Waals surface area contributed by atoms with Crippen molar-refractivity contribution in [3.8, 4) is 6.07 Å². The largest absolute Gasteiger partial charge is 0.370 e. The van der Waals surface area contributed by atoms with Crippen LogP contribution in [0.25, 0.3) is 10.9 Å². The summed E-state index contributed by atoms with van der Waals surface area (Å²) >= 11 is 0. The molecule has 6 heteroatoms. The number of nitriles is 1. The Bertz CT molecular complexity index is 741. The number of quaternary nitrogens is 1. The third-order valence-electron chi connectivity index (χ3n) is 3.78. The monoisotopic (exact) mass is 285 g/mol. The van der Waals surface area contributed by atoms with E-state index >= 15 is 0 Å². The van der Waals surface area contributed by atoms with E-state index in [2.05, 4.69) is 11.1 Å². The molecule has 1 aliphatic rings. The summed E-state index contributed by atoms with van der Waals surface area (Å²) in [6.07, 6.45) is 0. The molecule has 0 spiro atoms. The highest BCUT2D eigenvalue weighted by Crippen LogP contribution is 2.07. The fraction of sp³-hybridized carbons (Fsp3) is 0.400. The topological polar surface area (TPSA) is 72.3 Å². The molecule has 1 fully saturated rings. The number of nitrogens with one attached hydrogen (secondary N) is 1. The number of rotatable bonds is 3. The van der Waals surface area contributed by atoms with Crippen molar-refractivity contribution in [3.05, 3.63) is 40.4 Å². The lowest BCUT2D eigenvalue weighted by atomic mass is 10.2. The molecule has 0 bridgehead atoms. The van der Waals surface area contributed by atoms with Gasteiger partial charge in [-0.2, -0.15) is 5.26 Å². The van der Waals surface area contributed by atoms with Gasteiger partial charge in [-0.25, -0.2) is 4.98 Å². The maximum atomic E-state index is 12.5. The predicted octanol–water partition coefficient (Wildman–Crippen LogP) is -0.665. The molecule has 3 rings (SSSR count). The molecule has 0 amide bonds. The molecule has 108 valence electrons. The van der Waals surface area contributed by atoms with Gasteiger partial charge in [0.1, 0.15) is 26.2 Å². The van der Waals surface area contributed by atoms with Gasteiger partial charge in [0.2, 0.25) is 0 Å². The summed E-state index contributed by atoms with van der Waals surface area (Å²) in [5, 5.41) is 9.55. The van der Waals surface area contributed by atoms with E-state index in [1.165, 1.54) is 9.47 Å². The van der Waals surface area contributed by atoms with Crippen molar-refractivity contribution in [1.29, 1.82) is 5.26 Å². The summed E-state index contributed by atoms with van der Waals surface area (Å²) in [7, 11) is 0. The molecule has 21 heavy (non-hydrogen) atoms. The number of nitrogens with zero attached hydrogens (tertiary/aromatic N) is 3. The van der Waals surface area contributed by atoms with Gasteiger partial charge in [0.25, 0.3) is 5.56 Å². The summed E-state index contributed by atoms with van der Waals surface area (Å²) in [4.78, 5) is 18.4. The zero-order valence-electron chi connectivity index (χ0n) is 11.7. The van der Waals surface area contributed by atoms with Crippen LogP contribution in [0, 0.1) is 11.3 Å². The zero-order valence-corrected chi connectivity index (χ0v) is 11.7. The maximum Gasteiger partial charge on any atom is 0.262 e. The Kier molecular flexibility index (Phi) is 3.95. The number of aromatic nitrogens is 2. The van der Waals surface area contributed by atoms with Gasteiger partial charge in [-0.15, -0.1) is 0 Å². The van der Waals surface area contributed by atoms with E-state index in [9.17, 15) is 4.79 Å². The summed E-state index contributed by atoms with van der Waals surface area (Å²) in [5.74, 6) is 0.678. The number of benzene rings is 1. The quantitative estimate of drug-likeness (QED) is 0.812. The van der Waals surface area contributed by atoms with Crippen molar-refractivity contribution >= 4 is 10.9 Å². The van der Waals surface area contributed by atoms with Gasteiger partial charge in [0.05, 0.1) is 30.2 Å². The first-order valence-electron chi connectivity index (χ1n) is 7.06. The smallest absolute Gasteiger partial charge is 0.262 e. The second-order valence-electron chi connectivity index (χ2n) is 5.13. The molecule has 0 saturated carbocycles. The SMILES string of the molecule is N#CCn1c(C[NH+]2CCOCC2)nc2ccccc2c1=O. The Morgan fingerprint density at radius 1 is 1.33 bits per heavy atom. The van der Waals surface area contributed by atoms with Crippen molar-refractivity contribution in [2.45, 2.75) is 13.1 Å². The lowest BCUT2D eigenvalue weighted by Crippen LogP contribution is -3.13. The maximum absolute atomic E-state index is 12.5. The van der Waals surface area contributed by atoms with Crippen LogP contribution in [0.2, 0.25) is 0 Å². The first kappa shape index (κ1) is 13.7. The van der Waals surface area contributed by atoms with Crippen molar-refractivity contribution in [2.75, 3.05) is 26.3 Å². The average Bonchev–Trinajstić information content (AvgIpc) is 2.52. The Balaban J connectivity index is 2.04. The van der Waals surface area contributed by atoms with Crippen molar-refractivity contribution in [3.63, 3.8) is 0 Å². The van der Waals surface area contributed by atoms with Crippen LogP contribution >= 0.6 is 0 Å².